The Kier molecular flexibility index (Phi) is 64.5. The van der Waals surface area contributed by atoms with Crippen molar-refractivity contribution < 1.29 is 33.2 Å². The molecule has 2 unspecified atom stereocenters. The monoisotopic (exact) mass is 1120 g/mol. The third-order valence-corrected chi connectivity index (χ3v) is 16.1. The molecule has 0 aromatic heterocycles. The van der Waals surface area contributed by atoms with Crippen molar-refractivity contribution in [1.29, 1.82) is 0 Å². The maximum Gasteiger partial charge on any atom is 0.162 e. The van der Waals surface area contributed by atoms with Crippen LogP contribution in [-0.4, -0.2) is 52.2 Å². The molecule has 0 spiro atoms. The molecular formula is C72H142O7. The lowest BCUT2D eigenvalue weighted by Gasteiger charge is -2.26. The summed E-state index contributed by atoms with van der Waals surface area (Å²) in [5, 5.41) is 0. The first-order valence-electron chi connectivity index (χ1n) is 35.9. The molecule has 0 saturated heterocycles. The topological polar surface area (TPSA) is 64.6 Å². The van der Waals surface area contributed by atoms with Crippen molar-refractivity contribution in [3.05, 3.63) is 23.0 Å². The Morgan fingerprint density at radius 1 is 0.228 bits per heavy atom. The van der Waals surface area contributed by atoms with Gasteiger partial charge in [-0.3, -0.25) is 0 Å². The van der Waals surface area contributed by atoms with Crippen molar-refractivity contribution in [2.75, 3.05) is 40.0 Å². The smallest absolute Gasteiger partial charge is 0.162 e. The van der Waals surface area contributed by atoms with Crippen molar-refractivity contribution in [2.45, 2.75) is 401 Å². The number of allylic oxidation sites excluding steroid dienone is 2. The second-order valence-corrected chi connectivity index (χ2v) is 23.9. The van der Waals surface area contributed by atoms with E-state index in [4.69, 9.17) is 33.2 Å². The standard InChI is InChI=1S/C72H142O7/c1-9-17-25-33-39-41-43-51-57-67(74-61-53-45-35-27-19-11-3)71(76-63-55-47-37-29-21-13-5)69(59-49-31-23-15-7)78-65-73-66-79-70(60-50-32-24-16-8)72(77-64-56-48-38-30-22-14-6)68(75-62-54-46-36-28-20-12-4)58-52-44-42-40-34-26-18-10-2/h69-70H,9-66H2,1-8H3. The fourth-order valence-corrected chi connectivity index (χ4v) is 10.8. The first kappa shape index (κ1) is 77.6. The van der Waals surface area contributed by atoms with Crippen LogP contribution in [0, 0.1) is 0 Å². The summed E-state index contributed by atoms with van der Waals surface area (Å²) in [7, 11) is 0. The van der Waals surface area contributed by atoms with E-state index in [0.717, 1.165) is 113 Å². The van der Waals surface area contributed by atoms with Crippen LogP contribution in [0.5, 0.6) is 0 Å². The van der Waals surface area contributed by atoms with Gasteiger partial charge in [0.1, 0.15) is 23.7 Å². The molecule has 0 heterocycles. The molecule has 0 aromatic carbocycles. The first-order chi connectivity index (χ1) is 39.1. The summed E-state index contributed by atoms with van der Waals surface area (Å²) in [6, 6.07) is 0. The average Bonchev–Trinajstić information content (AvgIpc) is 3.46. The fraction of sp³-hybridized carbons (Fsp3) is 0.944. The van der Waals surface area contributed by atoms with Crippen LogP contribution < -0.4 is 0 Å². The number of hydrogen-bond donors (Lipinski definition) is 0. The Morgan fingerprint density at radius 3 is 0.709 bits per heavy atom. The summed E-state index contributed by atoms with van der Waals surface area (Å²) in [5.41, 5.74) is 0. The van der Waals surface area contributed by atoms with Gasteiger partial charge in [-0.15, -0.1) is 0 Å². The average molecular weight is 1120 g/mol. The Labute approximate surface area is 495 Å². The molecule has 0 aliphatic carbocycles. The number of rotatable bonds is 68. The Hall–Kier alpha value is -1.44. The van der Waals surface area contributed by atoms with Gasteiger partial charge in [-0.2, -0.15) is 0 Å². The molecule has 0 aliphatic heterocycles. The van der Waals surface area contributed by atoms with E-state index in [-0.39, 0.29) is 25.8 Å². The molecule has 0 amide bonds. The molecule has 0 fully saturated rings. The van der Waals surface area contributed by atoms with Crippen LogP contribution in [0.25, 0.3) is 0 Å². The van der Waals surface area contributed by atoms with E-state index < -0.39 is 0 Å². The zero-order valence-corrected chi connectivity index (χ0v) is 55.0. The Bertz CT molecular complexity index is 1140. The summed E-state index contributed by atoms with van der Waals surface area (Å²) in [4.78, 5) is 0. The van der Waals surface area contributed by atoms with Crippen molar-refractivity contribution in [3.8, 4) is 0 Å². The molecule has 0 aliphatic rings. The van der Waals surface area contributed by atoms with E-state index in [1.165, 1.54) is 257 Å². The highest BCUT2D eigenvalue weighted by molar-refractivity contribution is 5.09. The highest BCUT2D eigenvalue weighted by Crippen LogP contribution is 2.29. The summed E-state index contributed by atoms with van der Waals surface area (Å²) < 4.78 is 48.2. The second-order valence-electron chi connectivity index (χ2n) is 23.9. The maximum absolute atomic E-state index is 6.99. The molecule has 7 nitrogen and oxygen atoms in total. The van der Waals surface area contributed by atoms with E-state index in [0.29, 0.717) is 13.2 Å². The molecule has 2 atom stereocenters. The van der Waals surface area contributed by atoms with Crippen molar-refractivity contribution in [2.24, 2.45) is 0 Å². The summed E-state index contributed by atoms with van der Waals surface area (Å²) >= 11 is 0. The van der Waals surface area contributed by atoms with E-state index in [1.807, 2.05) is 0 Å². The quantitative estimate of drug-likeness (QED) is 0.0342. The van der Waals surface area contributed by atoms with Gasteiger partial charge in [0.25, 0.3) is 0 Å². The van der Waals surface area contributed by atoms with Crippen LogP contribution >= 0.6 is 0 Å². The van der Waals surface area contributed by atoms with Gasteiger partial charge < -0.3 is 33.2 Å². The summed E-state index contributed by atoms with van der Waals surface area (Å²) in [5.74, 6) is 3.96. The largest absolute Gasteiger partial charge is 0.494 e. The van der Waals surface area contributed by atoms with Crippen LogP contribution in [0.3, 0.4) is 0 Å². The van der Waals surface area contributed by atoms with Crippen molar-refractivity contribution in [1.82, 2.24) is 0 Å². The van der Waals surface area contributed by atoms with Crippen LogP contribution in [0.2, 0.25) is 0 Å². The fourth-order valence-electron chi connectivity index (χ4n) is 10.8. The van der Waals surface area contributed by atoms with Crippen LogP contribution in [0.4, 0.5) is 0 Å². The molecule has 0 bridgehead atoms. The van der Waals surface area contributed by atoms with Gasteiger partial charge in [-0.1, -0.05) is 325 Å². The number of ether oxygens (including phenoxy) is 7. The minimum absolute atomic E-state index is 0.144. The van der Waals surface area contributed by atoms with Gasteiger partial charge in [0.15, 0.2) is 25.1 Å². The molecule has 0 radical (unpaired) electrons. The first-order valence-corrected chi connectivity index (χ1v) is 35.9. The Morgan fingerprint density at radius 2 is 0.443 bits per heavy atom. The minimum atomic E-state index is -0.222. The molecular weight excluding hydrogens is 977 g/mol. The SMILES string of the molecule is CCCCCCCCCCC(OCCCCCCCC)=C(OCCCCCCCC)C(CCCCCC)OCOCOC(CCCCCC)C(OCCCCCCCC)=C(CCCCCCCCCC)OCCCCCCCC. The predicted molar refractivity (Wildman–Crippen MR) is 344 cm³/mol. The summed E-state index contributed by atoms with van der Waals surface area (Å²) in [6.45, 7) is 21.6. The van der Waals surface area contributed by atoms with Gasteiger partial charge in [-0.05, 0) is 51.4 Å². The molecule has 7 heteroatoms. The zero-order valence-electron chi connectivity index (χ0n) is 55.0. The third kappa shape index (κ3) is 51.9. The highest BCUT2D eigenvalue weighted by atomic mass is 16.7. The van der Waals surface area contributed by atoms with E-state index in [1.54, 1.807) is 0 Å². The Balaban J connectivity index is 6.90. The third-order valence-electron chi connectivity index (χ3n) is 16.1. The minimum Gasteiger partial charge on any atom is -0.494 e. The second kappa shape index (κ2) is 65.7. The van der Waals surface area contributed by atoms with Gasteiger partial charge in [0.2, 0.25) is 0 Å². The lowest BCUT2D eigenvalue weighted by atomic mass is 10.0. The number of hydrogen-bond acceptors (Lipinski definition) is 7. The van der Waals surface area contributed by atoms with Crippen LogP contribution in [0.1, 0.15) is 389 Å². The highest BCUT2D eigenvalue weighted by Gasteiger charge is 2.26. The lowest BCUT2D eigenvalue weighted by Crippen LogP contribution is -2.25. The predicted octanol–water partition coefficient (Wildman–Crippen LogP) is 24.6. The van der Waals surface area contributed by atoms with Crippen LogP contribution in [-0.2, 0) is 33.2 Å². The van der Waals surface area contributed by atoms with Gasteiger partial charge in [0.05, 0.1) is 26.4 Å². The molecule has 0 N–H and O–H groups in total. The normalized spacial score (nSPS) is 13.2. The molecule has 0 rings (SSSR count). The van der Waals surface area contributed by atoms with Gasteiger partial charge >= 0.3 is 0 Å². The van der Waals surface area contributed by atoms with Crippen molar-refractivity contribution in [3.63, 3.8) is 0 Å². The summed E-state index contributed by atoms with van der Waals surface area (Å²) in [6.07, 6.45) is 63.1. The van der Waals surface area contributed by atoms with E-state index >= 15 is 0 Å². The molecule has 472 valence electrons. The molecule has 79 heavy (non-hydrogen) atoms. The van der Waals surface area contributed by atoms with Gasteiger partial charge in [-0.25, -0.2) is 0 Å². The van der Waals surface area contributed by atoms with Crippen molar-refractivity contribution >= 4 is 0 Å². The van der Waals surface area contributed by atoms with Gasteiger partial charge in [0, 0.05) is 12.8 Å². The van der Waals surface area contributed by atoms with E-state index in [9.17, 15) is 0 Å². The zero-order chi connectivity index (χ0) is 57.4. The molecule has 0 aromatic rings. The number of unbranched alkanes of at least 4 members (excludes halogenated alkanes) is 40. The maximum atomic E-state index is 6.99. The lowest BCUT2D eigenvalue weighted by molar-refractivity contribution is -0.167. The van der Waals surface area contributed by atoms with E-state index in [2.05, 4.69) is 55.4 Å². The molecule has 0 saturated carbocycles. The van der Waals surface area contributed by atoms with Crippen LogP contribution in [0.15, 0.2) is 23.0 Å².